The summed E-state index contributed by atoms with van der Waals surface area (Å²) in [6.45, 7) is 6.08. The molecule has 3 N–H and O–H groups in total. The highest BCUT2D eigenvalue weighted by molar-refractivity contribution is 5.77. The van der Waals surface area contributed by atoms with Crippen LogP contribution in [0.5, 0.6) is 0 Å². The molecule has 3 atom stereocenters. The average Bonchev–Trinajstić information content (AvgIpc) is 2.49. The summed E-state index contributed by atoms with van der Waals surface area (Å²) in [7, 11) is 0. The van der Waals surface area contributed by atoms with Gasteiger partial charge in [0.15, 0.2) is 6.54 Å². The monoisotopic (exact) mass is 289 g/mol. The molecule has 0 aromatic heterocycles. The molecule has 0 saturated heterocycles. The van der Waals surface area contributed by atoms with E-state index in [9.17, 15) is 4.79 Å². The van der Waals surface area contributed by atoms with Crippen molar-refractivity contribution in [3.63, 3.8) is 0 Å². The van der Waals surface area contributed by atoms with E-state index in [2.05, 4.69) is 48.7 Å². The zero-order valence-corrected chi connectivity index (χ0v) is 13.3. The van der Waals surface area contributed by atoms with E-state index in [4.69, 9.17) is 0 Å². The fraction of sp³-hybridized carbons (Fsp3) is 0.611. The normalized spacial score (nSPS) is 25.5. The third kappa shape index (κ3) is 5.16. The van der Waals surface area contributed by atoms with Crippen LogP contribution in [0.4, 0.5) is 0 Å². The summed E-state index contributed by atoms with van der Waals surface area (Å²) in [6.07, 6.45) is 4.71. The number of rotatable bonds is 6. The molecule has 0 aliphatic heterocycles. The lowest BCUT2D eigenvalue weighted by molar-refractivity contribution is -0.643. The Morgan fingerprint density at radius 3 is 2.76 bits per heavy atom. The van der Waals surface area contributed by atoms with Gasteiger partial charge in [-0.25, -0.2) is 0 Å². The summed E-state index contributed by atoms with van der Waals surface area (Å²) in [6, 6.07) is 10.8. The highest BCUT2D eigenvalue weighted by Gasteiger charge is 2.28. The van der Waals surface area contributed by atoms with Crippen molar-refractivity contribution in [3.8, 4) is 0 Å². The summed E-state index contributed by atoms with van der Waals surface area (Å²) >= 11 is 0. The van der Waals surface area contributed by atoms with E-state index in [-0.39, 0.29) is 5.91 Å². The Kier molecular flexibility index (Phi) is 6.24. The average molecular weight is 289 g/mol. The minimum atomic E-state index is 0.189. The number of carbonyl (C=O) groups is 1. The molecule has 1 aromatic carbocycles. The summed E-state index contributed by atoms with van der Waals surface area (Å²) in [4.78, 5) is 12.0. The van der Waals surface area contributed by atoms with Crippen molar-refractivity contribution >= 4 is 5.91 Å². The van der Waals surface area contributed by atoms with Crippen LogP contribution in [-0.4, -0.2) is 25.0 Å². The quantitative estimate of drug-likeness (QED) is 0.770. The van der Waals surface area contributed by atoms with Crippen LogP contribution >= 0.6 is 0 Å². The van der Waals surface area contributed by atoms with Gasteiger partial charge in [0, 0.05) is 12.5 Å². The van der Waals surface area contributed by atoms with Gasteiger partial charge < -0.3 is 10.6 Å². The highest BCUT2D eigenvalue weighted by atomic mass is 16.1. The van der Waals surface area contributed by atoms with Gasteiger partial charge in [0.2, 0.25) is 0 Å². The van der Waals surface area contributed by atoms with Crippen molar-refractivity contribution in [1.82, 2.24) is 5.32 Å². The SMILES string of the molecule is C[C@@H]1[C@@H](C)CCC[C@H]1NC(=O)C[NH2+]CCc1ccccc1. The Bertz CT molecular complexity index is 432. The molecule has 0 unspecified atom stereocenters. The Balaban J connectivity index is 1.63. The molecule has 1 aromatic rings. The molecule has 0 heterocycles. The number of quaternary nitrogens is 1. The lowest BCUT2D eigenvalue weighted by Crippen LogP contribution is -2.87. The van der Waals surface area contributed by atoms with Crippen LogP contribution < -0.4 is 10.6 Å². The van der Waals surface area contributed by atoms with Gasteiger partial charge in [0.25, 0.3) is 5.91 Å². The van der Waals surface area contributed by atoms with E-state index in [0.29, 0.717) is 18.5 Å². The molecular formula is C18H29N2O+. The van der Waals surface area contributed by atoms with E-state index >= 15 is 0 Å². The fourth-order valence-electron chi connectivity index (χ4n) is 3.20. The maximum Gasteiger partial charge on any atom is 0.275 e. The number of hydrogen-bond donors (Lipinski definition) is 2. The van der Waals surface area contributed by atoms with Gasteiger partial charge in [-0.05, 0) is 23.8 Å². The van der Waals surface area contributed by atoms with Gasteiger partial charge in [0.1, 0.15) is 0 Å². The molecule has 21 heavy (non-hydrogen) atoms. The molecule has 0 bridgehead atoms. The Morgan fingerprint density at radius 1 is 1.24 bits per heavy atom. The summed E-state index contributed by atoms with van der Waals surface area (Å²) in [5.41, 5.74) is 1.34. The molecule has 1 saturated carbocycles. The van der Waals surface area contributed by atoms with Gasteiger partial charge in [-0.1, -0.05) is 57.0 Å². The van der Waals surface area contributed by atoms with E-state index < -0.39 is 0 Å². The molecule has 1 aliphatic rings. The van der Waals surface area contributed by atoms with Gasteiger partial charge in [-0.3, -0.25) is 4.79 Å². The first-order chi connectivity index (χ1) is 10.2. The molecular weight excluding hydrogens is 260 g/mol. The van der Waals surface area contributed by atoms with Crippen LogP contribution in [0.2, 0.25) is 0 Å². The standard InChI is InChI=1S/C18H28N2O/c1-14-7-6-10-17(15(14)2)20-18(21)13-19-12-11-16-8-4-3-5-9-16/h3-5,8-9,14-15,17,19H,6-7,10-13H2,1-2H3,(H,20,21)/p+1/t14-,15+,17+/m0/s1. The van der Waals surface area contributed by atoms with Crippen LogP contribution in [0.15, 0.2) is 30.3 Å². The maximum atomic E-state index is 12.0. The van der Waals surface area contributed by atoms with Crippen LogP contribution in [0, 0.1) is 11.8 Å². The van der Waals surface area contributed by atoms with E-state index in [1.807, 2.05) is 6.07 Å². The first-order valence-corrected chi connectivity index (χ1v) is 8.31. The van der Waals surface area contributed by atoms with Gasteiger partial charge >= 0.3 is 0 Å². The van der Waals surface area contributed by atoms with Crippen molar-refractivity contribution in [2.45, 2.75) is 45.6 Å². The second-order valence-corrected chi connectivity index (χ2v) is 6.46. The van der Waals surface area contributed by atoms with Crippen molar-refractivity contribution in [2.75, 3.05) is 13.1 Å². The third-order valence-corrected chi connectivity index (χ3v) is 4.86. The number of hydrogen-bond acceptors (Lipinski definition) is 1. The highest BCUT2D eigenvalue weighted by Crippen LogP contribution is 2.29. The molecule has 1 amide bonds. The molecule has 116 valence electrons. The second-order valence-electron chi connectivity index (χ2n) is 6.46. The Morgan fingerprint density at radius 2 is 2.00 bits per heavy atom. The molecule has 0 spiro atoms. The number of benzene rings is 1. The molecule has 3 heteroatoms. The third-order valence-electron chi connectivity index (χ3n) is 4.86. The predicted molar refractivity (Wildman–Crippen MR) is 85.9 cm³/mol. The first-order valence-electron chi connectivity index (χ1n) is 8.31. The van der Waals surface area contributed by atoms with Crippen LogP contribution in [0.1, 0.15) is 38.7 Å². The fourth-order valence-corrected chi connectivity index (χ4v) is 3.20. The number of nitrogens with two attached hydrogens (primary N) is 1. The minimum Gasteiger partial charge on any atom is -0.348 e. The van der Waals surface area contributed by atoms with Crippen molar-refractivity contribution in [2.24, 2.45) is 11.8 Å². The van der Waals surface area contributed by atoms with Crippen LogP contribution in [0.25, 0.3) is 0 Å². The zero-order chi connectivity index (χ0) is 15.1. The van der Waals surface area contributed by atoms with E-state index in [0.717, 1.165) is 25.3 Å². The summed E-state index contributed by atoms with van der Waals surface area (Å²) in [5, 5.41) is 5.34. The number of amides is 1. The molecule has 1 aliphatic carbocycles. The van der Waals surface area contributed by atoms with Crippen LogP contribution in [0.3, 0.4) is 0 Å². The smallest absolute Gasteiger partial charge is 0.275 e. The predicted octanol–water partition coefficient (Wildman–Crippen LogP) is 1.73. The molecule has 1 fully saturated rings. The Hall–Kier alpha value is -1.35. The minimum absolute atomic E-state index is 0.189. The summed E-state index contributed by atoms with van der Waals surface area (Å²) in [5.74, 6) is 1.52. The van der Waals surface area contributed by atoms with Crippen molar-refractivity contribution in [1.29, 1.82) is 0 Å². The first kappa shape index (κ1) is 16.0. The number of carbonyl (C=O) groups excluding carboxylic acids is 1. The lowest BCUT2D eigenvalue weighted by Gasteiger charge is -2.34. The topological polar surface area (TPSA) is 45.7 Å². The van der Waals surface area contributed by atoms with Crippen molar-refractivity contribution < 1.29 is 10.1 Å². The number of nitrogens with one attached hydrogen (secondary N) is 1. The van der Waals surface area contributed by atoms with Gasteiger partial charge in [-0.15, -0.1) is 0 Å². The van der Waals surface area contributed by atoms with Crippen LogP contribution in [-0.2, 0) is 11.2 Å². The maximum absolute atomic E-state index is 12.0. The zero-order valence-electron chi connectivity index (χ0n) is 13.3. The Labute approximate surface area is 128 Å². The van der Waals surface area contributed by atoms with E-state index in [1.165, 1.54) is 18.4 Å². The molecule has 0 radical (unpaired) electrons. The largest absolute Gasteiger partial charge is 0.348 e. The van der Waals surface area contributed by atoms with E-state index in [1.54, 1.807) is 0 Å². The van der Waals surface area contributed by atoms with Crippen molar-refractivity contribution in [3.05, 3.63) is 35.9 Å². The van der Waals surface area contributed by atoms with Gasteiger partial charge in [0.05, 0.1) is 6.54 Å². The molecule has 3 nitrogen and oxygen atoms in total. The lowest BCUT2D eigenvalue weighted by atomic mass is 9.78. The second kappa shape index (κ2) is 8.18. The van der Waals surface area contributed by atoms with Gasteiger partial charge in [-0.2, -0.15) is 0 Å². The summed E-state index contributed by atoms with van der Waals surface area (Å²) < 4.78 is 0. The molecule has 2 rings (SSSR count).